The number of benzene rings is 1. The molecule has 0 saturated carbocycles. The highest BCUT2D eigenvalue weighted by molar-refractivity contribution is 7.80. The molecule has 110 valence electrons. The van der Waals surface area contributed by atoms with Gasteiger partial charge in [0.05, 0.1) is 10.7 Å². The largest absolute Gasteiger partial charge is 0.339 e. The van der Waals surface area contributed by atoms with Gasteiger partial charge in [-0.1, -0.05) is 58.0 Å². The molecule has 0 aliphatic rings. The first-order valence-electron chi connectivity index (χ1n) is 5.03. The second-order valence-electron chi connectivity index (χ2n) is 3.48. The SMILES string of the molecule is O=CN[C@H](NC(=S)Nc1ccc(Cl)cc1Cl)C(Cl)(Cl)Cl. The number of hydrogen-bond donors (Lipinski definition) is 3. The van der Waals surface area contributed by atoms with Gasteiger partial charge in [0.15, 0.2) is 5.11 Å². The molecule has 1 rings (SSSR count). The van der Waals surface area contributed by atoms with Crippen LogP contribution in [-0.4, -0.2) is 21.5 Å². The molecule has 0 aliphatic heterocycles. The smallest absolute Gasteiger partial charge is 0.228 e. The molecule has 1 aromatic carbocycles. The number of carbonyl (C=O) groups excluding carboxylic acids is 1. The molecule has 0 radical (unpaired) electrons. The van der Waals surface area contributed by atoms with Gasteiger partial charge in [0.25, 0.3) is 0 Å². The van der Waals surface area contributed by atoms with Gasteiger partial charge >= 0.3 is 0 Å². The van der Waals surface area contributed by atoms with Gasteiger partial charge in [0.1, 0.15) is 6.17 Å². The Labute approximate surface area is 146 Å². The molecule has 0 saturated heterocycles. The predicted molar refractivity (Wildman–Crippen MR) is 89.1 cm³/mol. The Hall–Kier alpha value is -0.170. The second kappa shape index (κ2) is 7.73. The van der Waals surface area contributed by atoms with Crippen LogP contribution in [0.15, 0.2) is 18.2 Å². The summed E-state index contributed by atoms with van der Waals surface area (Å²) in [5.41, 5.74) is 0.516. The van der Waals surface area contributed by atoms with Crippen molar-refractivity contribution in [3.8, 4) is 0 Å². The number of halogens is 5. The number of thiocarbonyl (C=S) groups is 1. The fraction of sp³-hybridized carbons (Fsp3) is 0.200. The molecule has 3 N–H and O–H groups in total. The van der Waals surface area contributed by atoms with Crippen molar-refractivity contribution in [2.45, 2.75) is 9.96 Å². The maximum atomic E-state index is 10.5. The molecule has 0 unspecified atom stereocenters. The third kappa shape index (κ3) is 5.68. The molecule has 0 fully saturated rings. The molecular formula is C10H8Cl5N3OS. The minimum Gasteiger partial charge on any atom is -0.339 e. The van der Waals surface area contributed by atoms with E-state index in [9.17, 15) is 4.79 Å². The molecule has 1 aromatic rings. The Bertz CT molecular complexity index is 508. The summed E-state index contributed by atoms with van der Waals surface area (Å²) in [6, 6.07) is 4.81. The van der Waals surface area contributed by atoms with E-state index < -0.39 is 9.96 Å². The standard InChI is InChI=1S/C10H8Cl5N3OS/c11-5-1-2-7(6(12)3-5)17-9(20)18-8(16-4-19)10(13,14)15/h1-4,8H,(H,16,19)(H2,17,18,20)/t8-/m1/s1. The first-order chi connectivity index (χ1) is 9.24. The van der Waals surface area contributed by atoms with Crippen LogP contribution in [0, 0.1) is 0 Å². The van der Waals surface area contributed by atoms with Gasteiger partial charge in [-0.15, -0.1) is 0 Å². The van der Waals surface area contributed by atoms with Crippen molar-refractivity contribution in [1.82, 2.24) is 10.6 Å². The zero-order chi connectivity index (χ0) is 15.3. The number of anilines is 1. The maximum Gasteiger partial charge on any atom is 0.228 e. The van der Waals surface area contributed by atoms with Crippen LogP contribution in [0.5, 0.6) is 0 Å². The number of rotatable bonds is 4. The summed E-state index contributed by atoms with van der Waals surface area (Å²) in [5, 5.41) is 8.70. The van der Waals surface area contributed by atoms with Gasteiger partial charge in [0, 0.05) is 5.02 Å². The van der Waals surface area contributed by atoms with Gasteiger partial charge in [0.2, 0.25) is 10.2 Å². The van der Waals surface area contributed by atoms with E-state index >= 15 is 0 Å². The highest BCUT2D eigenvalue weighted by Crippen LogP contribution is 2.29. The summed E-state index contributed by atoms with van der Waals surface area (Å²) in [5.74, 6) is 0. The van der Waals surface area contributed by atoms with Crippen LogP contribution in [-0.2, 0) is 4.79 Å². The summed E-state index contributed by atoms with van der Waals surface area (Å²) in [6.07, 6.45) is -0.617. The zero-order valence-electron chi connectivity index (χ0n) is 9.59. The predicted octanol–water partition coefficient (Wildman–Crippen LogP) is 3.72. The van der Waals surface area contributed by atoms with Crippen LogP contribution < -0.4 is 16.0 Å². The normalized spacial score (nSPS) is 12.4. The lowest BCUT2D eigenvalue weighted by Crippen LogP contribution is -2.53. The van der Waals surface area contributed by atoms with Gasteiger partial charge in [-0.3, -0.25) is 4.79 Å². The first kappa shape index (κ1) is 17.9. The number of hydrogen-bond acceptors (Lipinski definition) is 2. The van der Waals surface area contributed by atoms with E-state index in [1.807, 2.05) is 0 Å². The molecule has 0 spiro atoms. The molecule has 20 heavy (non-hydrogen) atoms. The van der Waals surface area contributed by atoms with Crippen LogP contribution >= 0.6 is 70.2 Å². The average Bonchev–Trinajstić information content (AvgIpc) is 2.31. The third-order valence-corrected chi connectivity index (χ3v) is 3.44. The van der Waals surface area contributed by atoms with Gasteiger partial charge in [-0.25, -0.2) is 0 Å². The second-order valence-corrected chi connectivity index (χ2v) is 7.10. The van der Waals surface area contributed by atoms with Gasteiger partial charge in [-0.05, 0) is 30.4 Å². The van der Waals surface area contributed by atoms with Gasteiger partial charge in [-0.2, -0.15) is 0 Å². The van der Waals surface area contributed by atoms with E-state index in [-0.39, 0.29) is 5.11 Å². The number of amides is 1. The topological polar surface area (TPSA) is 53.2 Å². The fourth-order valence-electron chi connectivity index (χ4n) is 1.17. The van der Waals surface area contributed by atoms with Crippen molar-refractivity contribution in [3.05, 3.63) is 28.2 Å². The van der Waals surface area contributed by atoms with Crippen molar-refractivity contribution >= 4 is 87.4 Å². The molecule has 1 amide bonds. The van der Waals surface area contributed by atoms with Crippen molar-refractivity contribution in [2.75, 3.05) is 5.32 Å². The first-order valence-corrected chi connectivity index (χ1v) is 7.33. The van der Waals surface area contributed by atoms with E-state index in [0.717, 1.165) is 0 Å². The Morgan fingerprint density at radius 1 is 1.30 bits per heavy atom. The molecule has 0 aliphatic carbocycles. The van der Waals surface area contributed by atoms with Crippen molar-refractivity contribution in [1.29, 1.82) is 0 Å². The maximum absolute atomic E-state index is 10.5. The lowest BCUT2D eigenvalue weighted by atomic mass is 10.3. The molecule has 4 nitrogen and oxygen atoms in total. The summed E-state index contributed by atoms with van der Waals surface area (Å²) in [6.45, 7) is 0. The lowest BCUT2D eigenvalue weighted by Gasteiger charge is -2.26. The highest BCUT2D eigenvalue weighted by Gasteiger charge is 2.33. The van der Waals surface area contributed by atoms with Crippen molar-refractivity contribution in [2.24, 2.45) is 0 Å². The minimum atomic E-state index is -1.78. The van der Waals surface area contributed by atoms with Crippen LogP contribution in [0.2, 0.25) is 10.0 Å². The Kier molecular flexibility index (Phi) is 6.91. The van der Waals surface area contributed by atoms with Gasteiger partial charge < -0.3 is 16.0 Å². The van der Waals surface area contributed by atoms with Crippen LogP contribution in [0.4, 0.5) is 5.69 Å². The molecular weight excluding hydrogens is 387 g/mol. The van der Waals surface area contributed by atoms with E-state index in [1.165, 1.54) is 0 Å². The monoisotopic (exact) mass is 393 g/mol. The van der Waals surface area contributed by atoms with Crippen molar-refractivity contribution < 1.29 is 4.79 Å². The summed E-state index contributed by atoms with van der Waals surface area (Å²) in [7, 11) is 0. The van der Waals surface area contributed by atoms with E-state index in [1.54, 1.807) is 18.2 Å². The van der Waals surface area contributed by atoms with E-state index in [4.69, 9.17) is 70.2 Å². The Balaban J connectivity index is 2.73. The average molecular weight is 396 g/mol. The summed E-state index contributed by atoms with van der Waals surface area (Å²) in [4.78, 5) is 10.5. The number of nitrogens with one attached hydrogen (secondary N) is 3. The van der Waals surface area contributed by atoms with Crippen molar-refractivity contribution in [3.63, 3.8) is 0 Å². The third-order valence-electron chi connectivity index (χ3n) is 2.02. The molecule has 10 heteroatoms. The Morgan fingerprint density at radius 3 is 2.45 bits per heavy atom. The van der Waals surface area contributed by atoms with Crippen LogP contribution in [0.1, 0.15) is 0 Å². The molecule has 0 aromatic heterocycles. The molecule has 1 atom stereocenters. The van der Waals surface area contributed by atoms with E-state index in [0.29, 0.717) is 22.1 Å². The number of carbonyl (C=O) groups is 1. The van der Waals surface area contributed by atoms with Crippen LogP contribution in [0.3, 0.4) is 0 Å². The highest BCUT2D eigenvalue weighted by atomic mass is 35.6. The summed E-state index contributed by atoms with van der Waals surface area (Å²) < 4.78 is -1.78. The fourth-order valence-corrected chi connectivity index (χ4v) is 2.20. The molecule has 0 heterocycles. The Morgan fingerprint density at radius 2 is 1.95 bits per heavy atom. The summed E-state index contributed by atoms with van der Waals surface area (Å²) >= 11 is 33.9. The number of alkyl halides is 3. The molecule has 0 bridgehead atoms. The quantitative estimate of drug-likeness (QED) is 0.315. The van der Waals surface area contributed by atoms with Crippen LogP contribution in [0.25, 0.3) is 0 Å². The minimum absolute atomic E-state index is 0.111. The van der Waals surface area contributed by atoms with E-state index in [2.05, 4.69) is 16.0 Å². The lowest BCUT2D eigenvalue weighted by molar-refractivity contribution is -0.110. The zero-order valence-corrected chi connectivity index (χ0v) is 14.2.